The van der Waals surface area contributed by atoms with E-state index in [0.717, 1.165) is 12.8 Å². The Balaban J connectivity index is 2.57. The maximum Gasteiger partial charge on any atom is 0.139 e. The third kappa shape index (κ3) is 1.11. The average Bonchev–Trinajstić information content (AvgIpc) is 2.12. The largest absolute Gasteiger partial charge is 0.508 e. The number of hydrogen-bond donors (Lipinski definition) is 1. The molecular weight excluding hydrogens is 147 g/mol. The molecule has 1 nitrogen and oxygen atoms in total. The van der Waals surface area contributed by atoms with Crippen molar-refractivity contribution >= 4 is 13.3 Å². The lowest BCUT2D eigenvalue weighted by Gasteiger charge is -2.18. The smallest absolute Gasteiger partial charge is 0.139 e. The summed E-state index contributed by atoms with van der Waals surface area (Å²) in [5.41, 5.74) is 3.92. The van der Waals surface area contributed by atoms with E-state index < -0.39 is 0 Å². The van der Waals surface area contributed by atoms with Gasteiger partial charge in [-0.05, 0) is 42.9 Å². The predicted octanol–water partition coefficient (Wildman–Crippen LogP) is 0.529. The van der Waals surface area contributed by atoms with E-state index in [1.54, 1.807) is 0 Å². The second-order valence-electron chi connectivity index (χ2n) is 3.57. The van der Waals surface area contributed by atoms with Gasteiger partial charge in [-0.25, -0.2) is 0 Å². The first kappa shape index (κ1) is 7.72. The molecule has 1 aliphatic rings. The number of aromatic hydroxyl groups is 1. The standard InChI is InChI=1S/C10H13BO/c11-9-5-6-10(12)8-4-2-1-3-7(8)9/h5-6,12H,1-4,11H2. The minimum Gasteiger partial charge on any atom is -0.508 e. The van der Waals surface area contributed by atoms with Gasteiger partial charge in [-0.2, -0.15) is 0 Å². The number of rotatable bonds is 0. The van der Waals surface area contributed by atoms with Crippen LogP contribution in [0.4, 0.5) is 0 Å². The zero-order valence-electron chi connectivity index (χ0n) is 7.43. The van der Waals surface area contributed by atoms with Crippen molar-refractivity contribution in [2.45, 2.75) is 25.7 Å². The molecule has 2 heteroatoms. The Morgan fingerprint density at radius 1 is 1.08 bits per heavy atom. The Kier molecular flexibility index (Phi) is 1.83. The molecule has 1 N–H and O–H groups in total. The molecule has 2 rings (SSSR count). The molecule has 1 aromatic carbocycles. The van der Waals surface area contributed by atoms with Crippen LogP contribution in [0.25, 0.3) is 0 Å². The van der Waals surface area contributed by atoms with Crippen molar-refractivity contribution in [3.63, 3.8) is 0 Å². The zero-order chi connectivity index (χ0) is 8.55. The lowest BCUT2D eigenvalue weighted by molar-refractivity contribution is 0.462. The molecule has 1 aromatic rings. The van der Waals surface area contributed by atoms with Crippen LogP contribution < -0.4 is 5.46 Å². The Hall–Kier alpha value is -0.915. The Morgan fingerprint density at radius 2 is 1.75 bits per heavy atom. The molecule has 0 saturated heterocycles. The summed E-state index contributed by atoms with van der Waals surface area (Å²) in [5, 5.41) is 9.58. The number of fused-ring (bicyclic) bond motifs is 1. The second-order valence-corrected chi connectivity index (χ2v) is 3.57. The summed E-state index contributed by atoms with van der Waals surface area (Å²) in [5.74, 6) is 0.496. The van der Waals surface area contributed by atoms with Crippen molar-refractivity contribution in [1.82, 2.24) is 0 Å². The highest BCUT2D eigenvalue weighted by Crippen LogP contribution is 2.26. The Morgan fingerprint density at radius 3 is 2.42 bits per heavy atom. The molecule has 0 radical (unpaired) electrons. The molecule has 0 unspecified atom stereocenters. The van der Waals surface area contributed by atoms with E-state index in [9.17, 15) is 5.11 Å². The minimum atomic E-state index is 0.496. The molecular formula is C10H13BO. The van der Waals surface area contributed by atoms with Gasteiger partial charge in [-0.15, -0.1) is 0 Å². The average molecular weight is 160 g/mol. The molecule has 0 fully saturated rings. The molecule has 0 spiro atoms. The van der Waals surface area contributed by atoms with Gasteiger partial charge in [-0.3, -0.25) is 0 Å². The van der Waals surface area contributed by atoms with Crippen molar-refractivity contribution in [2.75, 3.05) is 0 Å². The fourth-order valence-corrected chi connectivity index (χ4v) is 2.03. The van der Waals surface area contributed by atoms with Crippen LogP contribution in [0.2, 0.25) is 0 Å². The van der Waals surface area contributed by atoms with Gasteiger partial charge >= 0.3 is 0 Å². The van der Waals surface area contributed by atoms with Gasteiger partial charge in [0, 0.05) is 0 Å². The first-order valence-electron chi connectivity index (χ1n) is 4.59. The molecule has 0 bridgehead atoms. The predicted molar refractivity (Wildman–Crippen MR) is 52.9 cm³/mol. The molecule has 0 atom stereocenters. The monoisotopic (exact) mass is 160 g/mol. The van der Waals surface area contributed by atoms with Crippen LogP contribution in [0.5, 0.6) is 5.75 Å². The number of phenols is 1. The summed E-state index contributed by atoms with van der Waals surface area (Å²) < 4.78 is 0. The minimum absolute atomic E-state index is 0.496. The van der Waals surface area contributed by atoms with Crippen LogP contribution in [0.3, 0.4) is 0 Å². The first-order chi connectivity index (χ1) is 5.79. The number of phenolic OH excluding ortho intramolecular Hbond substituents is 1. The van der Waals surface area contributed by atoms with E-state index in [1.165, 1.54) is 29.4 Å². The summed E-state index contributed by atoms with van der Waals surface area (Å²) in [7, 11) is 2.13. The van der Waals surface area contributed by atoms with Gasteiger partial charge in [-0.1, -0.05) is 11.5 Å². The topological polar surface area (TPSA) is 20.2 Å². The highest BCUT2D eigenvalue weighted by molar-refractivity contribution is 6.33. The van der Waals surface area contributed by atoms with Gasteiger partial charge in [0.2, 0.25) is 0 Å². The molecule has 0 amide bonds. The highest BCUT2D eigenvalue weighted by atomic mass is 16.3. The van der Waals surface area contributed by atoms with Gasteiger partial charge in [0.1, 0.15) is 13.6 Å². The molecule has 62 valence electrons. The number of benzene rings is 1. The van der Waals surface area contributed by atoms with Gasteiger partial charge in [0.15, 0.2) is 0 Å². The lowest BCUT2D eigenvalue weighted by atomic mass is 9.80. The van der Waals surface area contributed by atoms with E-state index >= 15 is 0 Å². The summed E-state index contributed by atoms with van der Waals surface area (Å²) in [6.07, 6.45) is 4.71. The van der Waals surface area contributed by atoms with Crippen molar-refractivity contribution in [3.05, 3.63) is 23.3 Å². The molecule has 0 aromatic heterocycles. The third-order valence-electron chi connectivity index (χ3n) is 2.74. The van der Waals surface area contributed by atoms with Crippen molar-refractivity contribution in [2.24, 2.45) is 0 Å². The SMILES string of the molecule is Bc1ccc(O)c2c1CCCC2. The summed E-state index contributed by atoms with van der Waals surface area (Å²) in [4.78, 5) is 0. The molecule has 12 heavy (non-hydrogen) atoms. The van der Waals surface area contributed by atoms with E-state index in [2.05, 4.69) is 7.85 Å². The van der Waals surface area contributed by atoms with Crippen LogP contribution in [0.15, 0.2) is 12.1 Å². The van der Waals surface area contributed by atoms with Crippen LogP contribution in [-0.4, -0.2) is 13.0 Å². The van der Waals surface area contributed by atoms with Gasteiger partial charge in [0.05, 0.1) is 0 Å². The van der Waals surface area contributed by atoms with E-state index in [4.69, 9.17) is 0 Å². The fourth-order valence-electron chi connectivity index (χ4n) is 2.03. The molecule has 1 aliphatic carbocycles. The fraction of sp³-hybridized carbons (Fsp3) is 0.400. The second kappa shape index (κ2) is 2.85. The molecule has 0 saturated carbocycles. The quantitative estimate of drug-likeness (QED) is 0.549. The van der Waals surface area contributed by atoms with Crippen molar-refractivity contribution in [3.8, 4) is 5.75 Å². The summed E-state index contributed by atoms with van der Waals surface area (Å²) in [6, 6.07) is 3.83. The molecule has 0 aliphatic heterocycles. The van der Waals surface area contributed by atoms with Crippen molar-refractivity contribution < 1.29 is 5.11 Å². The first-order valence-corrected chi connectivity index (χ1v) is 4.59. The van der Waals surface area contributed by atoms with Crippen LogP contribution in [0, 0.1) is 0 Å². The van der Waals surface area contributed by atoms with Gasteiger partial charge < -0.3 is 5.11 Å². The van der Waals surface area contributed by atoms with Crippen molar-refractivity contribution in [1.29, 1.82) is 0 Å². The molecule has 0 heterocycles. The maximum absolute atomic E-state index is 9.58. The van der Waals surface area contributed by atoms with E-state index in [1.807, 2.05) is 12.1 Å². The third-order valence-corrected chi connectivity index (χ3v) is 2.74. The van der Waals surface area contributed by atoms with Crippen LogP contribution >= 0.6 is 0 Å². The summed E-state index contributed by atoms with van der Waals surface area (Å²) >= 11 is 0. The van der Waals surface area contributed by atoms with Crippen LogP contribution in [-0.2, 0) is 12.8 Å². The van der Waals surface area contributed by atoms with E-state index in [0.29, 0.717) is 5.75 Å². The normalized spacial score (nSPS) is 15.7. The maximum atomic E-state index is 9.58. The van der Waals surface area contributed by atoms with E-state index in [-0.39, 0.29) is 0 Å². The Labute approximate surface area is 73.8 Å². The number of hydrogen-bond acceptors (Lipinski definition) is 1. The van der Waals surface area contributed by atoms with Gasteiger partial charge in [0.25, 0.3) is 0 Å². The van der Waals surface area contributed by atoms with Crippen LogP contribution in [0.1, 0.15) is 24.0 Å². The zero-order valence-corrected chi connectivity index (χ0v) is 7.43. The summed E-state index contributed by atoms with van der Waals surface area (Å²) in [6.45, 7) is 0. The lowest BCUT2D eigenvalue weighted by Crippen LogP contribution is -2.16. The Bertz CT molecular complexity index is 276. The highest BCUT2D eigenvalue weighted by Gasteiger charge is 2.13.